The van der Waals surface area contributed by atoms with Crippen LogP contribution in [-0.2, 0) is 0 Å². The molecule has 0 saturated heterocycles. The third-order valence-corrected chi connectivity index (χ3v) is 10.9. The largest absolute Gasteiger partial charge is 0.334 e. The Morgan fingerprint density at radius 1 is 0.702 bits per heavy atom. The minimum Gasteiger partial charge on any atom is -0.334 e. The van der Waals surface area contributed by atoms with Crippen molar-refractivity contribution in [3.8, 4) is 28.3 Å². The van der Waals surface area contributed by atoms with E-state index >= 15 is 0 Å². The average molecular weight is 608 g/mol. The second-order valence-corrected chi connectivity index (χ2v) is 13.6. The molecule has 3 aliphatic carbocycles. The van der Waals surface area contributed by atoms with Crippen LogP contribution in [0.15, 0.2) is 151 Å². The van der Waals surface area contributed by atoms with Gasteiger partial charge in [0.1, 0.15) is 0 Å². The smallest absolute Gasteiger partial charge is 0.0991 e. The Labute approximate surface area is 277 Å². The number of benzene rings is 4. The first-order valence-electron chi connectivity index (χ1n) is 17.0. The third kappa shape index (κ3) is 4.55. The number of nitrogens with zero attached hydrogens (tertiary/aromatic N) is 3. The number of anilines is 3. The molecule has 0 spiro atoms. The van der Waals surface area contributed by atoms with Gasteiger partial charge in [0, 0.05) is 34.6 Å². The van der Waals surface area contributed by atoms with Gasteiger partial charge in [-0.25, -0.2) is 0 Å². The normalized spacial score (nSPS) is 25.0. The Hall–Kier alpha value is -5.33. The second kappa shape index (κ2) is 11.2. The van der Waals surface area contributed by atoms with Crippen LogP contribution in [0.25, 0.3) is 22.3 Å². The first-order valence-corrected chi connectivity index (χ1v) is 17.0. The van der Waals surface area contributed by atoms with Gasteiger partial charge in [-0.2, -0.15) is 5.26 Å². The van der Waals surface area contributed by atoms with Crippen LogP contribution < -0.4 is 9.80 Å². The van der Waals surface area contributed by atoms with Crippen molar-refractivity contribution in [3.05, 3.63) is 162 Å². The Balaban J connectivity index is 1.24. The Kier molecular flexibility index (Phi) is 6.64. The maximum absolute atomic E-state index is 9.56. The van der Waals surface area contributed by atoms with E-state index < -0.39 is 0 Å². The van der Waals surface area contributed by atoms with Crippen molar-refractivity contribution in [1.29, 1.82) is 5.26 Å². The lowest BCUT2D eigenvalue weighted by Crippen LogP contribution is -2.33. The standard InChI is InChI=1S/C44H37N3/c1-29-11-8-22-43-44(29)39-18-4-7-21-42(39)47(43)36-26-34(33-15-10-14-32(24-33)31-13-9-12-30(23-31)28-45)25-35(27-36)46-40-19-5-2-16-37(40)38-17-3-6-20-41(38)46/h2,4-10,12-16,18-27,29,38-39,41-42H,3,11,17H2,1H3. The number of rotatable bonds is 4. The molecule has 4 aromatic rings. The predicted molar refractivity (Wildman–Crippen MR) is 193 cm³/mol. The Bertz CT molecular complexity index is 2100. The Morgan fingerprint density at radius 3 is 2.34 bits per heavy atom. The van der Waals surface area contributed by atoms with Crippen molar-refractivity contribution in [2.75, 3.05) is 9.80 Å². The van der Waals surface area contributed by atoms with Gasteiger partial charge in [-0.15, -0.1) is 0 Å². The van der Waals surface area contributed by atoms with Gasteiger partial charge >= 0.3 is 0 Å². The van der Waals surface area contributed by atoms with Crippen molar-refractivity contribution >= 4 is 17.1 Å². The first kappa shape index (κ1) is 27.9. The van der Waals surface area contributed by atoms with Gasteiger partial charge in [0.05, 0.1) is 23.7 Å². The topological polar surface area (TPSA) is 30.3 Å². The molecule has 0 radical (unpaired) electrons. The molecule has 228 valence electrons. The summed E-state index contributed by atoms with van der Waals surface area (Å²) >= 11 is 0. The van der Waals surface area contributed by atoms with Gasteiger partial charge in [0.25, 0.3) is 0 Å². The van der Waals surface area contributed by atoms with Gasteiger partial charge in [-0.05, 0) is 107 Å². The van der Waals surface area contributed by atoms with Crippen LogP contribution in [0.2, 0.25) is 0 Å². The van der Waals surface area contributed by atoms with Crippen molar-refractivity contribution in [2.45, 2.75) is 44.2 Å². The maximum atomic E-state index is 9.56. The SMILES string of the molecule is CC1CC=CC2=C1C1C=CC=CC1N2c1cc(-c2cccc(-c3cccc(C#N)c3)c2)cc(N2c3ccccc3C3CCC=CC32)c1. The molecule has 9 rings (SSSR count). The molecule has 5 atom stereocenters. The number of fused-ring (bicyclic) bond motifs is 5. The lowest BCUT2D eigenvalue weighted by atomic mass is 9.81. The molecule has 0 saturated carbocycles. The van der Waals surface area contributed by atoms with Crippen LogP contribution in [0.3, 0.4) is 0 Å². The van der Waals surface area contributed by atoms with Crippen molar-refractivity contribution in [3.63, 3.8) is 0 Å². The minimum absolute atomic E-state index is 0.256. The number of hydrogen-bond donors (Lipinski definition) is 0. The highest BCUT2D eigenvalue weighted by molar-refractivity contribution is 5.84. The molecule has 47 heavy (non-hydrogen) atoms. The molecular formula is C44H37N3. The van der Waals surface area contributed by atoms with E-state index in [-0.39, 0.29) is 6.04 Å². The van der Waals surface area contributed by atoms with E-state index in [0.717, 1.165) is 24.0 Å². The molecule has 5 unspecified atom stereocenters. The molecule has 3 nitrogen and oxygen atoms in total. The zero-order valence-corrected chi connectivity index (χ0v) is 26.6. The van der Waals surface area contributed by atoms with Gasteiger partial charge in [-0.1, -0.05) is 98.0 Å². The van der Waals surface area contributed by atoms with Crippen LogP contribution in [0.1, 0.15) is 43.2 Å². The molecule has 0 bridgehead atoms. The average Bonchev–Trinajstić information content (AvgIpc) is 3.65. The van der Waals surface area contributed by atoms with Crippen LogP contribution >= 0.6 is 0 Å². The monoisotopic (exact) mass is 607 g/mol. The van der Waals surface area contributed by atoms with E-state index in [2.05, 4.69) is 144 Å². The lowest BCUT2D eigenvalue weighted by Gasteiger charge is -2.34. The van der Waals surface area contributed by atoms with E-state index in [0.29, 0.717) is 29.4 Å². The minimum atomic E-state index is 0.256. The number of nitriles is 1. The van der Waals surface area contributed by atoms with Gasteiger partial charge in [0.15, 0.2) is 0 Å². The van der Waals surface area contributed by atoms with Gasteiger partial charge < -0.3 is 9.80 Å². The summed E-state index contributed by atoms with van der Waals surface area (Å²) in [7, 11) is 0. The van der Waals surface area contributed by atoms with Crippen LogP contribution in [0.4, 0.5) is 17.1 Å². The van der Waals surface area contributed by atoms with Gasteiger partial charge in [-0.3, -0.25) is 0 Å². The molecular weight excluding hydrogens is 571 g/mol. The number of hydrogen-bond acceptors (Lipinski definition) is 3. The van der Waals surface area contributed by atoms with E-state index in [4.69, 9.17) is 0 Å². The van der Waals surface area contributed by atoms with Crippen molar-refractivity contribution in [1.82, 2.24) is 0 Å². The highest BCUT2D eigenvalue weighted by Crippen LogP contribution is 2.52. The van der Waals surface area contributed by atoms with Crippen molar-refractivity contribution < 1.29 is 0 Å². The summed E-state index contributed by atoms with van der Waals surface area (Å²) in [5, 5.41) is 9.56. The highest BCUT2D eigenvalue weighted by Gasteiger charge is 2.42. The van der Waals surface area contributed by atoms with E-state index in [1.165, 1.54) is 45.9 Å². The maximum Gasteiger partial charge on any atom is 0.0991 e. The second-order valence-electron chi connectivity index (χ2n) is 13.6. The summed E-state index contributed by atoms with van der Waals surface area (Å²) in [6, 6.07) is 35.9. The number of allylic oxidation sites excluding steroid dienone is 5. The fourth-order valence-corrected chi connectivity index (χ4v) is 8.78. The zero-order valence-electron chi connectivity index (χ0n) is 26.6. The lowest BCUT2D eigenvalue weighted by molar-refractivity contribution is 0.572. The summed E-state index contributed by atoms with van der Waals surface area (Å²) in [5.74, 6) is 1.40. The molecule has 0 aromatic heterocycles. The predicted octanol–water partition coefficient (Wildman–Crippen LogP) is 10.6. The summed E-state index contributed by atoms with van der Waals surface area (Å²) in [5.41, 5.74) is 13.4. The third-order valence-electron chi connectivity index (χ3n) is 10.9. The summed E-state index contributed by atoms with van der Waals surface area (Å²) in [6.07, 6.45) is 22.2. The van der Waals surface area contributed by atoms with Crippen molar-refractivity contribution in [2.24, 2.45) is 11.8 Å². The highest BCUT2D eigenvalue weighted by atomic mass is 15.2. The number of para-hydroxylation sites is 1. The molecule has 2 aliphatic heterocycles. The quantitative estimate of drug-likeness (QED) is 0.216. The molecule has 0 fully saturated rings. The van der Waals surface area contributed by atoms with Crippen LogP contribution in [0, 0.1) is 23.2 Å². The Morgan fingerprint density at radius 2 is 1.47 bits per heavy atom. The molecule has 5 aliphatic rings. The fraction of sp³-hybridized carbons (Fsp3) is 0.205. The van der Waals surface area contributed by atoms with Crippen LogP contribution in [-0.4, -0.2) is 12.1 Å². The van der Waals surface area contributed by atoms with E-state index in [1.54, 1.807) is 5.57 Å². The summed E-state index contributed by atoms with van der Waals surface area (Å²) < 4.78 is 0. The first-order chi connectivity index (χ1) is 23.2. The zero-order chi connectivity index (χ0) is 31.5. The molecule has 0 amide bonds. The summed E-state index contributed by atoms with van der Waals surface area (Å²) in [4.78, 5) is 5.21. The fourth-order valence-electron chi connectivity index (χ4n) is 8.78. The molecule has 4 aromatic carbocycles. The molecule has 2 heterocycles. The molecule has 0 N–H and O–H groups in total. The van der Waals surface area contributed by atoms with Crippen LogP contribution in [0.5, 0.6) is 0 Å². The van der Waals surface area contributed by atoms with E-state index in [1.807, 2.05) is 18.2 Å². The van der Waals surface area contributed by atoms with Gasteiger partial charge in [0.2, 0.25) is 0 Å². The molecule has 3 heteroatoms. The van der Waals surface area contributed by atoms with E-state index in [9.17, 15) is 5.26 Å². The summed E-state index contributed by atoms with van der Waals surface area (Å²) in [6.45, 7) is 2.39.